The van der Waals surface area contributed by atoms with Gasteiger partial charge in [0, 0.05) is 6.07 Å². The lowest BCUT2D eigenvalue weighted by Crippen LogP contribution is -2.02. The van der Waals surface area contributed by atoms with Crippen molar-refractivity contribution in [3.8, 4) is 11.6 Å². The minimum Gasteiger partial charge on any atom is -0.438 e. The van der Waals surface area contributed by atoms with E-state index in [1.54, 1.807) is 6.07 Å². The Morgan fingerprint density at radius 2 is 2.16 bits per heavy atom. The van der Waals surface area contributed by atoms with Crippen molar-refractivity contribution < 1.29 is 9.13 Å². The lowest BCUT2D eigenvalue weighted by atomic mass is 10.2. The number of aromatic nitrogens is 2. The van der Waals surface area contributed by atoms with E-state index in [0.29, 0.717) is 23.9 Å². The Labute approximate surface area is 115 Å². The smallest absolute Gasteiger partial charge is 0.227 e. The Balaban J connectivity index is 2.32. The fraction of sp³-hybridized carbons (Fsp3) is 0.231. The molecule has 0 fully saturated rings. The average Bonchev–Trinajstić information content (AvgIpc) is 2.38. The summed E-state index contributed by atoms with van der Waals surface area (Å²) in [5.41, 5.74) is 6.51. The molecule has 19 heavy (non-hydrogen) atoms. The van der Waals surface area contributed by atoms with Gasteiger partial charge < -0.3 is 10.5 Å². The molecule has 0 saturated carbocycles. The van der Waals surface area contributed by atoms with Crippen molar-refractivity contribution in [1.29, 1.82) is 0 Å². The quantitative estimate of drug-likeness (QED) is 0.930. The van der Waals surface area contributed by atoms with Gasteiger partial charge in [0.2, 0.25) is 5.88 Å². The normalized spacial score (nSPS) is 10.5. The second-order valence-corrected chi connectivity index (χ2v) is 4.38. The zero-order valence-electron chi connectivity index (χ0n) is 10.4. The third-order valence-corrected chi connectivity index (χ3v) is 2.85. The highest BCUT2D eigenvalue weighted by molar-refractivity contribution is 6.30. The van der Waals surface area contributed by atoms with Crippen molar-refractivity contribution in [3.05, 3.63) is 40.9 Å². The van der Waals surface area contributed by atoms with Gasteiger partial charge in [-0.1, -0.05) is 24.9 Å². The molecule has 2 N–H and O–H groups in total. The molecule has 0 spiro atoms. The van der Waals surface area contributed by atoms with Crippen LogP contribution in [0.2, 0.25) is 5.02 Å². The van der Waals surface area contributed by atoms with Gasteiger partial charge in [-0.05, 0) is 18.6 Å². The van der Waals surface area contributed by atoms with Crippen LogP contribution in [0.5, 0.6) is 11.6 Å². The summed E-state index contributed by atoms with van der Waals surface area (Å²) in [6.45, 7) is 2.01. The lowest BCUT2D eigenvalue weighted by molar-refractivity contribution is 0.450. The molecule has 2 rings (SSSR count). The van der Waals surface area contributed by atoms with Gasteiger partial charge in [-0.15, -0.1) is 0 Å². The number of ether oxygens (including phenoxy) is 1. The van der Waals surface area contributed by atoms with Crippen LogP contribution in [0.4, 0.5) is 10.2 Å². The third kappa shape index (κ3) is 3.12. The molecule has 1 aromatic heterocycles. The van der Waals surface area contributed by atoms with Crippen LogP contribution in [0.1, 0.15) is 18.9 Å². The topological polar surface area (TPSA) is 61.0 Å². The first-order valence-electron chi connectivity index (χ1n) is 5.84. The summed E-state index contributed by atoms with van der Waals surface area (Å²) in [6.07, 6.45) is 2.89. The summed E-state index contributed by atoms with van der Waals surface area (Å²) in [7, 11) is 0. The Hall–Kier alpha value is -1.88. The number of halogens is 2. The highest BCUT2D eigenvalue weighted by Gasteiger charge is 2.11. The van der Waals surface area contributed by atoms with Crippen LogP contribution >= 0.6 is 11.6 Å². The second-order valence-electron chi connectivity index (χ2n) is 3.97. The van der Waals surface area contributed by atoms with Gasteiger partial charge in [0.15, 0.2) is 0 Å². The predicted molar refractivity (Wildman–Crippen MR) is 71.9 cm³/mol. The number of hydrogen-bond acceptors (Lipinski definition) is 4. The van der Waals surface area contributed by atoms with Crippen molar-refractivity contribution in [3.63, 3.8) is 0 Å². The van der Waals surface area contributed by atoms with Gasteiger partial charge in [-0.3, -0.25) is 0 Å². The first kappa shape index (κ1) is 13.5. The van der Waals surface area contributed by atoms with Crippen molar-refractivity contribution in [2.45, 2.75) is 19.8 Å². The van der Waals surface area contributed by atoms with E-state index in [9.17, 15) is 4.39 Å². The van der Waals surface area contributed by atoms with E-state index in [1.807, 2.05) is 6.92 Å². The molecule has 0 saturated heterocycles. The maximum Gasteiger partial charge on any atom is 0.227 e. The van der Waals surface area contributed by atoms with E-state index in [4.69, 9.17) is 22.1 Å². The number of nitrogens with zero attached hydrogens (tertiary/aromatic N) is 2. The van der Waals surface area contributed by atoms with Crippen LogP contribution in [-0.2, 0) is 6.42 Å². The van der Waals surface area contributed by atoms with Gasteiger partial charge in [0.25, 0.3) is 0 Å². The molecule has 1 aromatic carbocycles. The van der Waals surface area contributed by atoms with E-state index in [0.717, 1.165) is 12.0 Å². The zero-order valence-corrected chi connectivity index (χ0v) is 11.1. The largest absolute Gasteiger partial charge is 0.438 e. The molecule has 100 valence electrons. The molecule has 0 aliphatic rings. The Bertz CT molecular complexity index is 592. The Morgan fingerprint density at radius 1 is 1.37 bits per heavy atom. The van der Waals surface area contributed by atoms with E-state index in [1.165, 1.54) is 18.5 Å². The number of hydrogen-bond donors (Lipinski definition) is 1. The molecule has 0 aliphatic heterocycles. The van der Waals surface area contributed by atoms with E-state index in [-0.39, 0.29) is 5.02 Å². The van der Waals surface area contributed by atoms with Crippen molar-refractivity contribution in [1.82, 2.24) is 9.97 Å². The Morgan fingerprint density at radius 3 is 2.84 bits per heavy atom. The highest BCUT2D eigenvalue weighted by Crippen LogP contribution is 2.28. The molecule has 0 unspecified atom stereocenters. The maximum atomic E-state index is 13.3. The molecule has 6 heteroatoms. The summed E-state index contributed by atoms with van der Waals surface area (Å²) >= 11 is 5.61. The standard InChI is InChI=1S/C13H13ClFN3O/c1-2-3-9-12(16)17-7-18-13(9)19-8-4-5-10(14)11(15)6-8/h4-7H,2-3H2,1H3,(H2,16,17,18). The molecule has 2 aromatic rings. The number of anilines is 1. The molecule has 0 radical (unpaired) electrons. The number of nitrogen functional groups attached to an aromatic ring is 1. The maximum absolute atomic E-state index is 13.3. The fourth-order valence-electron chi connectivity index (χ4n) is 1.63. The average molecular weight is 282 g/mol. The van der Waals surface area contributed by atoms with Crippen molar-refractivity contribution in [2.75, 3.05) is 5.73 Å². The van der Waals surface area contributed by atoms with Gasteiger partial charge in [0.1, 0.15) is 23.7 Å². The second kappa shape index (κ2) is 5.84. The van der Waals surface area contributed by atoms with Crippen LogP contribution < -0.4 is 10.5 Å². The summed E-state index contributed by atoms with van der Waals surface area (Å²) in [5, 5.41) is 0.0448. The molecule has 0 bridgehead atoms. The first-order valence-corrected chi connectivity index (χ1v) is 6.22. The highest BCUT2D eigenvalue weighted by atomic mass is 35.5. The minimum absolute atomic E-state index is 0.0448. The van der Waals surface area contributed by atoms with E-state index >= 15 is 0 Å². The van der Waals surface area contributed by atoms with Crippen molar-refractivity contribution >= 4 is 17.4 Å². The molecule has 0 atom stereocenters. The van der Waals surface area contributed by atoms with Gasteiger partial charge in [0.05, 0.1) is 10.6 Å². The minimum atomic E-state index is -0.543. The van der Waals surface area contributed by atoms with Crippen LogP contribution in [0.15, 0.2) is 24.5 Å². The molecular formula is C13H13ClFN3O. The van der Waals surface area contributed by atoms with E-state index < -0.39 is 5.82 Å². The van der Waals surface area contributed by atoms with Crippen LogP contribution in [0, 0.1) is 5.82 Å². The summed E-state index contributed by atoms with van der Waals surface area (Å²) in [6, 6.07) is 4.20. The SMILES string of the molecule is CCCc1c(N)ncnc1Oc1ccc(Cl)c(F)c1. The number of nitrogens with two attached hydrogens (primary N) is 1. The number of benzene rings is 1. The molecule has 4 nitrogen and oxygen atoms in total. The fourth-order valence-corrected chi connectivity index (χ4v) is 1.75. The Kier molecular flexibility index (Phi) is 4.16. The third-order valence-electron chi connectivity index (χ3n) is 2.54. The predicted octanol–water partition coefficient (Wildman–Crippen LogP) is 3.60. The monoisotopic (exact) mass is 281 g/mol. The molecule has 1 heterocycles. The molecular weight excluding hydrogens is 269 g/mol. The van der Waals surface area contributed by atoms with Crippen molar-refractivity contribution in [2.24, 2.45) is 0 Å². The van der Waals surface area contributed by atoms with Crippen LogP contribution in [0.25, 0.3) is 0 Å². The van der Waals surface area contributed by atoms with E-state index in [2.05, 4.69) is 9.97 Å². The molecule has 0 amide bonds. The summed E-state index contributed by atoms with van der Waals surface area (Å²) in [4.78, 5) is 7.96. The summed E-state index contributed by atoms with van der Waals surface area (Å²) < 4.78 is 18.9. The van der Waals surface area contributed by atoms with Crippen LogP contribution in [-0.4, -0.2) is 9.97 Å². The lowest BCUT2D eigenvalue weighted by Gasteiger charge is -2.10. The summed E-state index contributed by atoms with van der Waals surface area (Å²) in [5.74, 6) is 0.493. The molecule has 0 aliphatic carbocycles. The van der Waals surface area contributed by atoms with Gasteiger partial charge in [-0.2, -0.15) is 0 Å². The van der Waals surface area contributed by atoms with Gasteiger partial charge in [-0.25, -0.2) is 14.4 Å². The van der Waals surface area contributed by atoms with Gasteiger partial charge >= 0.3 is 0 Å². The van der Waals surface area contributed by atoms with Crippen LogP contribution in [0.3, 0.4) is 0 Å². The first-order chi connectivity index (χ1) is 9.11. The zero-order chi connectivity index (χ0) is 13.8. The number of rotatable bonds is 4.